The highest BCUT2D eigenvalue weighted by atomic mass is 16.4. The minimum absolute atomic E-state index is 0.582. The van der Waals surface area contributed by atoms with E-state index >= 15 is 0 Å². The standard InChI is InChI=1S/C15H23BO2/c1-2-3-12-4-6-13(7-5-12)14-8-10-15(11-9-14)16(17)18/h8-13,17-18H,2-7H2,1H3/t12-,13-. The molecule has 0 aliphatic heterocycles. The van der Waals surface area contributed by atoms with E-state index in [1.54, 1.807) is 0 Å². The topological polar surface area (TPSA) is 40.5 Å². The van der Waals surface area contributed by atoms with Gasteiger partial charge >= 0.3 is 7.12 Å². The van der Waals surface area contributed by atoms with Gasteiger partial charge < -0.3 is 10.0 Å². The van der Waals surface area contributed by atoms with Gasteiger partial charge in [0.1, 0.15) is 0 Å². The van der Waals surface area contributed by atoms with Crippen molar-refractivity contribution in [2.45, 2.75) is 51.4 Å². The first-order chi connectivity index (χ1) is 8.70. The fourth-order valence-electron chi connectivity index (χ4n) is 3.13. The average Bonchev–Trinajstić information content (AvgIpc) is 2.40. The zero-order valence-corrected chi connectivity index (χ0v) is 11.2. The Balaban J connectivity index is 1.93. The van der Waals surface area contributed by atoms with Crippen LogP contribution in [0, 0.1) is 5.92 Å². The van der Waals surface area contributed by atoms with Gasteiger partial charge in [0.05, 0.1) is 0 Å². The zero-order chi connectivity index (χ0) is 13.0. The van der Waals surface area contributed by atoms with E-state index in [1.165, 1.54) is 44.1 Å². The maximum Gasteiger partial charge on any atom is 0.488 e. The minimum Gasteiger partial charge on any atom is -0.423 e. The first-order valence-corrected chi connectivity index (χ1v) is 7.16. The van der Waals surface area contributed by atoms with Gasteiger partial charge in [-0.05, 0) is 48.5 Å². The van der Waals surface area contributed by atoms with Gasteiger partial charge in [0, 0.05) is 0 Å². The average molecular weight is 246 g/mol. The Morgan fingerprint density at radius 2 is 1.67 bits per heavy atom. The molecule has 1 fully saturated rings. The summed E-state index contributed by atoms with van der Waals surface area (Å²) < 4.78 is 0. The van der Waals surface area contributed by atoms with Gasteiger partial charge in [-0.25, -0.2) is 0 Å². The number of benzene rings is 1. The van der Waals surface area contributed by atoms with Crippen molar-refractivity contribution in [2.75, 3.05) is 0 Å². The summed E-state index contributed by atoms with van der Waals surface area (Å²) in [6, 6.07) is 7.77. The van der Waals surface area contributed by atoms with E-state index in [9.17, 15) is 0 Å². The monoisotopic (exact) mass is 246 g/mol. The van der Waals surface area contributed by atoms with Crippen LogP contribution in [0.3, 0.4) is 0 Å². The van der Waals surface area contributed by atoms with Crippen molar-refractivity contribution < 1.29 is 10.0 Å². The highest BCUT2D eigenvalue weighted by Crippen LogP contribution is 2.37. The molecule has 98 valence electrons. The molecule has 0 aromatic heterocycles. The lowest BCUT2D eigenvalue weighted by atomic mass is 9.75. The quantitative estimate of drug-likeness (QED) is 0.801. The molecule has 2 nitrogen and oxygen atoms in total. The van der Waals surface area contributed by atoms with Crippen LogP contribution in [0.15, 0.2) is 24.3 Å². The van der Waals surface area contributed by atoms with Crippen molar-refractivity contribution in [3.8, 4) is 0 Å². The maximum absolute atomic E-state index is 9.07. The Morgan fingerprint density at radius 3 is 2.17 bits per heavy atom. The van der Waals surface area contributed by atoms with Crippen LogP contribution in [0.1, 0.15) is 56.9 Å². The molecule has 0 bridgehead atoms. The minimum atomic E-state index is -1.35. The van der Waals surface area contributed by atoms with E-state index in [4.69, 9.17) is 10.0 Å². The smallest absolute Gasteiger partial charge is 0.423 e. The van der Waals surface area contributed by atoms with Crippen LogP contribution in [0.4, 0.5) is 0 Å². The first kappa shape index (κ1) is 13.6. The summed E-state index contributed by atoms with van der Waals surface area (Å²) in [5.74, 6) is 1.60. The molecule has 0 unspecified atom stereocenters. The van der Waals surface area contributed by atoms with Crippen molar-refractivity contribution in [1.29, 1.82) is 0 Å². The second-order valence-corrected chi connectivity index (χ2v) is 5.55. The van der Waals surface area contributed by atoms with Gasteiger partial charge in [0.15, 0.2) is 0 Å². The third-order valence-electron chi connectivity index (χ3n) is 4.25. The Labute approximate surface area is 110 Å². The van der Waals surface area contributed by atoms with Crippen molar-refractivity contribution in [2.24, 2.45) is 5.92 Å². The summed E-state index contributed by atoms with van der Waals surface area (Å²) in [6.07, 6.45) is 7.95. The van der Waals surface area contributed by atoms with E-state index in [2.05, 4.69) is 19.1 Å². The molecule has 18 heavy (non-hydrogen) atoms. The van der Waals surface area contributed by atoms with Crippen LogP contribution in [0.5, 0.6) is 0 Å². The molecule has 1 saturated carbocycles. The molecule has 1 aliphatic carbocycles. The Kier molecular flexibility index (Phi) is 4.84. The van der Waals surface area contributed by atoms with Crippen molar-refractivity contribution in [3.63, 3.8) is 0 Å². The highest BCUT2D eigenvalue weighted by molar-refractivity contribution is 6.58. The molecule has 0 spiro atoms. The number of hydrogen-bond donors (Lipinski definition) is 2. The fraction of sp³-hybridized carbons (Fsp3) is 0.600. The lowest BCUT2D eigenvalue weighted by Crippen LogP contribution is -2.29. The highest BCUT2D eigenvalue weighted by Gasteiger charge is 2.22. The summed E-state index contributed by atoms with van der Waals surface area (Å²) in [7, 11) is -1.35. The second kappa shape index (κ2) is 6.39. The second-order valence-electron chi connectivity index (χ2n) is 5.55. The molecule has 0 radical (unpaired) electrons. The van der Waals surface area contributed by atoms with Crippen LogP contribution in [0.25, 0.3) is 0 Å². The summed E-state index contributed by atoms with van der Waals surface area (Å²) in [5, 5.41) is 18.1. The SMILES string of the molecule is CCC[C@H]1CC[C@H](c2ccc(B(O)O)cc2)CC1. The van der Waals surface area contributed by atoms with E-state index in [1.807, 2.05) is 12.1 Å². The molecule has 1 aromatic carbocycles. The molecule has 0 saturated heterocycles. The Hall–Kier alpha value is -0.795. The molecule has 1 aromatic rings. The zero-order valence-electron chi connectivity index (χ0n) is 11.2. The van der Waals surface area contributed by atoms with Gasteiger partial charge in [0.25, 0.3) is 0 Å². The Morgan fingerprint density at radius 1 is 1.06 bits per heavy atom. The number of rotatable bonds is 4. The molecule has 1 aliphatic rings. The molecule has 0 heterocycles. The predicted molar refractivity (Wildman–Crippen MR) is 75.9 cm³/mol. The summed E-state index contributed by atoms with van der Waals surface area (Å²) in [6.45, 7) is 2.27. The van der Waals surface area contributed by atoms with Crippen LogP contribution >= 0.6 is 0 Å². The third-order valence-corrected chi connectivity index (χ3v) is 4.25. The molecule has 0 atom stereocenters. The van der Waals surface area contributed by atoms with Gasteiger partial charge in [-0.3, -0.25) is 0 Å². The predicted octanol–water partition coefficient (Wildman–Crippen LogP) is 2.44. The molecule has 0 amide bonds. The first-order valence-electron chi connectivity index (χ1n) is 7.16. The lowest BCUT2D eigenvalue weighted by molar-refractivity contribution is 0.308. The van der Waals surface area contributed by atoms with Gasteiger partial charge in [-0.2, -0.15) is 0 Å². The summed E-state index contributed by atoms with van der Waals surface area (Å²) in [5.41, 5.74) is 1.94. The van der Waals surface area contributed by atoms with Crippen molar-refractivity contribution >= 4 is 12.6 Å². The van der Waals surface area contributed by atoms with Crippen LogP contribution < -0.4 is 5.46 Å². The number of hydrogen-bond acceptors (Lipinski definition) is 2. The molecular weight excluding hydrogens is 223 g/mol. The molecule has 2 rings (SSSR count). The fourth-order valence-corrected chi connectivity index (χ4v) is 3.13. The molecular formula is C15H23BO2. The maximum atomic E-state index is 9.07. The van der Waals surface area contributed by atoms with Gasteiger partial charge in [-0.15, -0.1) is 0 Å². The van der Waals surface area contributed by atoms with Crippen molar-refractivity contribution in [3.05, 3.63) is 29.8 Å². The summed E-state index contributed by atoms with van der Waals surface area (Å²) in [4.78, 5) is 0. The van der Waals surface area contributed by atoms with Gasteiger partial charge in [-0.1, -0.05) is 44.0 Å². The Bertz CT molecular complexity index is 353. The third kappa shape index (κ3) is 3.36. The van der Waals surface area contributed by atoms with Crippen LogP contribution in [-0.4, -0.2) is 17.2 Å². The van der Waals surface area contributed by atoms with E-state index in [0.717, 1.165) is 5.92 Å². The van der Waals surface area contributed by atoms with Crippen LogP contribution in [0.2, 0.25) is 0 Å². The molecule has 3 heteroatoms. The van der Waals surface area contributed by atoms with E-state index in [-0.39, 0.29) is 0 Å². The molecule has 2 N–H and O–H groups in total. The van der Waals surface area contributed by atoms with Gasteiger partial charge in [0.2, 0.25) is 0 Å². The van der Waals surface area contributed by atoms with Crippen LogP contribution in [-0.2, 0) is 0 Å². The van der Waals surface area contributed by atoms with E-state index in [0.29, 0.717) is 11.4 Å². The summed E-state index contributed by atoms with van der Waals surface area (Å²) >= 11 is 0. The largest absolute Gasteiger partial charge is 0.488 e. The normalized spacial score (nSPS) is 23.9. The van der Waals surface area contributed by atoms with Crippen molar-refractivity contribution in [1.82, 2.24) is 0 Å². The lowest BCUT2D eigenvalue weighted by Gasteiger charge is -2.28. The van der Waals surface area contributed by atoms with E-state index < -0.39 is 7.12 Å².